The highest BCUT2D eigenvalue weighted by molar-refractivity contribution is 5.79. The third-order valence-corrected chi connectivity index (χ3v) is 1.72. The molecule has 0 unspecified atom stereocenters. The van der Waals surface area contributed by atoms with Gasteiger partial charge in [0.05, 0.1) is 12.1 Å². The smallest absolute Gasteiger partial charge is 0.234 e. The van der Waals surface area contributed by atoms with Gasteiger partial charge in [-0.3, -0.25) is 4.79 Å². The van der Waals surface area contributed by atoms with Crippen LogP contribution in [0.25, 0.3) is 0 Å². The van der Waals surface area contributed by atoms with Gasteiger partial charge in [0.2, 0.25) is 5.91 Å². The minimum absolute atomic E-state index is 0.330. The summed E-state index contributed by atoms with van der Waals surface area (Å²) in [5, 5.41) is 12.0. The molecular formula is C6H12N2O2. The maximum absolute atomic E-state index is 10.5. The minimum atomic E-state index is -0.376. The maximum atomic E-state index is 10.5. The molecule has 0 spiro atoms. The number of aliphatic hydroxyl groups excluding tert-OH is 1. The number of carbonyl (C=O) groups excluding carboxylic acids is 1. The van der Waals surface area contributed by atoms with Crippen molar-refractivity contribution in [1.29, 1.82) is 0 Å². The summed E-state index contributed by atoms with van der Waals surface area (Å²) < 4.78 is 0. The first-order chi connectivity index (χ1) is 4.70. The highest BCUT2D eigenvalue weighted by Gasteiger charge is 2.22. The fourth-order valence-corrected chi connectivity index (χ4v) is 1.11. The van der Waals surface area contributed by atoms with Crippen molar-refractivity contribution < 1.29 is 9.90 Å². The summed E-state index contributed by atoms with van der Waals surface area (Å²) in [5.74, 6) is -0.376. The van der Waals surface area contributed by atoms with Gasteiger partial charge >= 0.3 is 0 Å². The topological polar surface area (TPSA) is 75.4 Å². The molecule has 0 aliphatic carbocycles. The van der Waals surface area contributed by atoms with Gasteiger partial charge in [0, 0.05) is 0 Å². The van der Waals surface area contributed by atoms with Crippen LogP contribution in [0.1, 0.15) is 12.8 Å². The molecule has 4 N–H and O–H groups in total. The molecule has 4 nitrogen and oxygen atoms in total. The van der Waals surface area contributed by atoms with Crippen molar-refractivity contribution in [2.24, 2.45) is 5.73 Å². The molecule has 0 aromatic rings. The van der Waals surface area contributed by atoms with Gasteiger partial charge < -0.3 is 16.2 Å². The zero-order chi connectivity index (χ0) is 7.56. The molecular weight excluding hydrogens is 132 g/mol. The Balaban J connectivity index is 2.39. The van der Waals surface area contributed by atoms with Crippen LogP contribution in [0.4, 0.5) is 0 Å². The third-order valence-electron chi connectivity index (χ3n) is 1.72. The average Bonchev–Trinajstić information content (AvgIpc) is 1.88. The average molecular weight is 144 g/mol. The van der Waals surface area contributed by atoms with Gasteiger partial charge in [0.15, 0.2) is 0 Å². The van der Waals surface area contributed by atoms with Gasteiger partial charge in [-0.2, -0.15) is 0 Å². The standard InChI is InChI=1S/C6H12N2O2/c7-6(10)5-3-4(9)1-2-8-5/h4-5,8-9H,1-3H2,(H2,7,10)/t4-,5+/m0/s1. The molecule has 0 saturated carbocycles. The van der Waals surface area contributed by atoms with Crippen LogP contribution in [0.5, 0.6) is 0 Å². The Morgan fingerprint density at radius 1 is 1.70 bits per heavy atom. The van der Waals surface area contributed by atoms with Crippen molar-refractivity contribution in [1.82, 2.24) is 5.32 Å². The summed E-state index contributed by atoms with van der Waals surface area (Å²) in [6, 6.07) is -0.330. The normalized spacial score (nSPS) is 33.7. The third kappa shape index (κ3) is 1.68. The lowest BCUT2D eigenvalue weighted by Gasteiger charge is -2.24. The number of rotatable bonds is 1. The zero-order valence-electron chi connectivity index (χ0n) is 5.71. The second kappa shape index (κ2) is 2.98. The molecule has 1 amide bonds. The molecule has 1 saturated heterocycles. The quantitative estimate of drug-likeness (QED) is 0.423. The molecule has 0 aromatic carbocycles. The van der Waals surface area contributed by atoms with E-state index in [1.165, 1.54) is 0 Å². The zero-order valence-corrected chi connectivity index (χ0v) is 5.71. The summed E-state index contributed by atoms with van der Waals surface area (Å²) in [7, 11) is 0. The number of hydrogen-bond acceptors (Lipinski definition) is 3. The van der Waals surface area contributed by atoms with E-state index in [0.29, 0.717) is 19.4 Å². The van der Waals surface area contributed by atoms with Gasteiger partial charge in [-0.15, -0.1) is 0 Å². The van der Waals surface area contributed by atoms with E-state index in [1.807, 2.05) is 0 Å². The van der Waals surface area contributed by atoms with Crippen LogP contribution >= 0.6 is 0 Å². The first-order valence-electron chi connectivity index (χ1n) is 3.41. The summed E-state index contributed by atoms with van der Waals surface area (Å²) in [6.45, 7) is 0.675. The Bertz CT molecular complexity index is 138. The second-order valence-corrected chi connectivity index (χ2v) is 2.59. The van der Waals surface area contributed by atoms with Crippen LogP contribution in [0.3, 0.4) is 0 Å². The van der Waals surface area contributed by atoms with Gasteiger partial charge in [0.25, 0.3) is 0 Å². The van der Waals surface area contributed by atoms with E-state index in [1.54, 1.807) is 0 Å². The SMILES string of the molecule is NC(=O)[C@H]1C[C@@H](O)CCN1. The fraction of sp³-hybridized carbons (Fsp3) is 0.833. The van der Waals surface area contributed by atoms with Crippen LogP contribution < -0.4 is 11.1 Å². The lowest BCUT2D eigenvalue weighted by molar-refractivity contribution is -0.121. The van der Waals surface area contributed by atoms with Crippen LogP contribution in [-0.4, -0.2) is 29.7 Å². The van der Waals surface area contributed by atoms with E-state index < -0.39 is 0 Å². The minimum Gasteiger partial charge on any atom is -0.393 e. The number of hydrogen-bond donors (Lipinski definition) is 3. The molecule has 58 valence electrons. The molecule has 4 heteroatoms. The van der Waals surface area contributed by atoms with E-state index >= 15 is 0 Å². The molecule has 0 aromatic heterocycles. The number of piperidine rings is 1. The van der Waals surface area contributed by atoms with Gasteiger partial charge in [-0.05, 0) is 19.4 Å². The van der Waals surface area contributed by atoms with Gasteiger partial charge in [0.1, 0.15) is 0 Å². The maximum Gasteiger partial charge on any atom is 0.234 e. The van der Waals surface area contributed by atoms with Crippen LogP contribution in [-0.2, 0) is 4.79 Å². The van der Waals surface area contributed by atoms with Crippen molar-refractivity contribution in [3.05, 3.63) is 0 Å². The Labute approximate surface area is 59.4 Å². The summed E-state index contributed by atoms with van der Waals surface area (Å²) in [4.78, 5) is 10.5. The van der Waals surface area contributed by atoms with Gasteiger partial charge in [-0.1, -0.05) is 0 Å². The lowest BCUT2D eigenvalue weighted by atomic mass is 10.0. The second-order valence-electron chi connectivity index (χ2n) is 2.59. The fourth-order valence-electron chi connectivity index (χ4n) is 1.11. The molecule has 2 atom stereocenters. The molecule has 1 aliphatic rings. The summed E-state index contributed by atoms with van der Waals surface area (Å²) in [6.07, 6.45) is 0.804. The highest BCUT2D eigenvalue weighted by Crippen LogP contribution is 2.06. The molecule has 10 heavy (non-hydrogen) atoms. The molecule has 1 heterocycles. The van der Waals surface area contributed by atoms with Gasteiger partial charge in [-0.25, -0.2) is 0 Å². The van der Waals surface area contributed by atoms with Crippen molar-refractivity contribution in [2.45, 2.75) is 25.0 Å². The summed E-state index contributed by atoms with van der Waals surface area (Å²) >= 11 is 0. The predicted molar refractivity (Wildman–Crippen MR) is 36.2 cm³/mol. The van der Waals surface area contributed by atoms with E-state index in [9.17, 15) is 4.79 Å². The molecule has 1 rings (SSSR count). The van der Waals surface area contributed by atoms with E-state index in [2.05, 4.69) is 5.32 Å². The Morgan fingerprint density at radius 2 is 2.40 bits per heavy atom. The Morgan fingerprint density at radius 3 is 2.80 bits per heavy atom. The molecule has 0 bridgehead atoms. The largest absolute Gasteiger partial charge is 0.393 e. The molecule has 1 fully saturated rings. The van der Waals surface area contributed by atoms with E-state index in [0.717, 1.165) is 0 Å². The van der Waals surface area contributed by atoms with E-state index in [-0.39, 0.29) is 18.1 Å². The first-order valence-corrected chi connectivity index (χ1v) is 3.41. The van der Waals surface area contributed by atoms with Crippen molar-refractivity contribution >= 4 is 5.91 Å². The van der Waals surface area contributed by atoms with E-state index in [4.69, 9.17) is 10.8 Å². The molecule has 1 aliphatic heterocycles. The Hall–Kier alpha value is -0.610. The number of primary amides is 1. The number of amides is 1. The number of nitrogens with one attached hydrogen (secondary N) is 1. The van der Waals surface area contributed by atoms with Crippen molar-refractivity contribution in [3.63, 3.8) is 0 Å². The Kier molecular flexibility index (Phi) is 2.24. The predicted octanol–water partition coefficient (Wildman–Crippen LogP) is -1.42. The number of carbonyl (C=O) groups is 1. The monoisotopic (exact) mass is 144 g/mol. The molecule has 0 radical (unpaired) electrons. The van der Waals surface area contributed by atoms with Crippen LogP contribution in [0.2, 0.25) is 0 Å². The number of aliphatic hydroxyl groups is 1. The van der Waals surface area contributed by atoms with Crippen LogP contribution in [0, 0.1) is 0 Å². The number of nitrogens with two attached hydrogens (primary N) is 1. The summed E-state index contributed by atoms with van der Waals surface area (Å²) in [5.41, 5.74) is 5.02. The van der Waals surface area contributed by atoms with Crippen LogP contribution in [0.15, 0.2) is 0 Å². The first kappa shape index (κ1) is 7.50. The lowest BCUT2D eigenvalue weighted by Crippen LogP contribution is -2.48. The van der Waals surface area contributed by atoms with Crippen molar-refractivity contribution in [3.8, 4) is 0 Å². The highest BCUT2D eigenvalue weighted by atomic mass is 16.3. The van der Waals surface area contributed by atoms with Crippen molar-refractivity contribution in [2.75, 3.05) is 6.54 Å².